The van der Waals surface area contributed by atoms with E-state index in [1.54, 1.807) is 21.4 Å². The quantitative estimate of drug-likeness (QED) is 0.585. The third-order valence-corrected chi connectivity index (χ3v) is 3.28. The number of nitrogens with zero attached hydrogens (tertiary/aromatic N) is 4. The van der Waals surface area contributed by atoms with Crippen LogP contribution in [0.2, 0.25) is 0 Å². The van der Waals surface area contributed by atoms with Crippen LogP contribution in [0.4, 0.5) is 11.4 Å². The van der Waals surface area contributed by atoms with Crippen LogP contribution in [0.3, 0.4) is 0 Å². The Morgan fingerprint density at radius 3 is 1.67 bits per heavy atom. The van der Waals surface area contributed by atoms with Gasteiger partial charge in [-0.15, -0.1) is 10.2 Å². The Hall–Kier alpha value is -3.22. The fourth-order valence-corrected chi connectivity index (χ4v) is 2.23. The smallest absolute Gasteiger partial charge is 0.264 e. The van der Waals surface area contributed by atoms with Crippen LogP contribution in [0.5, 0.6) is 11.8 Å². The van der Waals surface area contributed by atoms with Crippen LogP contribution in [0.1, 0.15) is 0 Å². The lowest BCUT2D eigenvalue weighted by Crippen LogP contribution is -1.93. The number of fused-ring (bicyclic) bond motifs is 2. The molecule has 0 atom stereocenters. The third kappa shape index (κ3) is 1.68. The van der Waals surface area contributed by atoms with Crippen LogP contribution in [0.25, 0.3) is 11.0 Å². The monoisotopic (exact) mass is 280 g/mol. The number of hydrogen-bond donors (Lipinski definition) is 2. The molecule has 0 aromatic carbocycles. The highest BCUT2D eigenvalue weighted by atomic mass is 16.5. The van der Waals surface area contributed by atoms with Gasteiger partial charge in [-0.2, -0.15) is 0 Å². The fraction of sp³-hybridized carbons (Fsp3) is 0. The molecule has 0 unspecified atom stereocenters. The summed E-state index contributed by atoms with van der Waals surface area (Å²) < 4.78 is 8.99. The van der Waals surface area contributed by atoms with Crippen molar-refractivity contribution in [2.75, 3.05) is 11.5 Å². The predicted molar refractivity (Wildman–Crippen MR) is 79.3 cm³/mol. The van der Waals surface area contributed by atoms with Crippen molar-refractivity contribution >= 4 is 22.4 Å². The topological polar surface area (TPSA) is 95.9 Å². The lowest BCUT2D eigenvalue weighted by Gasteiger charge is -1.99. The molecule has 104 valence electrons. The molecule has 4 heterocycles. The molecule has 0 radical (unpaired) electrons. The average Bonchev–Trinajstić information content (AvgIpc) is 2.99. The zero-order chi connectivity index (χ0) is 14.4. The van der Waals surface area contributed by atoms with Gasteiger partial charge in [-0.3, -0.25) is 0 Å². The van der Waals surface area contributed by atoms with Gasteiger partial charge in [0.25, 0.3) is 11.8 Å². The molecular weight excluding hydrogens is 268 g/mol. The molecule has 0 fully saturated rings. The van der Waals surface area contributed by atoms with Crippen LogP contribution < -0.4 is 16.2 Å². The zero-order valence-corrected chi connectivity index (χ0v) is 11.0. The Labute approximate surface area is 119 Å². The second-order valence-electron chi connectivity index (χ2n) is 4.60. The molecule has 4 aromatic heterocycles. The zero-order valence-electron chi connectivity index (χ0n) is 11.0. The number of rotatable bonds is 2. The first kappa shape index (κ1) is 11.6. The van der Waals surface area contributed by atoms with E-state index in [-0.39, 0.29) is 11.8 Å². The van der Waals surface area contributed by atoms with Gasteiger partial charge >= 0.3 is 0 Å². The van der Waals surface area contributed by atoms with Crippen LogP contribution in [-0.2, 0) is 0 Å². The summed E-state index contributed by atoms with van der Waals surface area (Å²) in [5, 5.41) is 8.57. The Morgan fingerprint density at radius 1 is 0.762 bits per heavy atom. The van der Waals surface area contributed by atoms with Crippen molar-refractivity contribution < 1.29 is 4.74 Å². The number of ether oxygens (including phenoxy) is 1. The second-order valence-corrected chi connectivity index (χ2v) is 4.60. The van der Waals surface area contributed by atoms with Gasteiger partial charge in [0.1, 0.15) is 11.4 Å². The molecule has 0 saturated carbocycles. The summed E-state index contributed by atoms with van der Waals surface area (Å²) in [6, 6.07) is 11.2. The Balaban J connectivity index is 1.83. The average molecular weight is 280 g/mol. The predicted octanol–water partition coefficient (Wildman–Crippen LogP) is 1.94. The van der Waals surface area contributed by atoms with Gasteiger partial charge in [-0.25, -0.2) is 9.03 Å². The van der Waals surface area contributed by atoms with Crippen molar-refractivity contribution in [2.45, 2.75) is 0 Å². The SMILES string of the molecule is Nc1c(Oc2nn3ccccc3c2N)nn2ccccc12. The summed E-state index contributed by atoms with van der Waals surface area (Å²) in [7, 11) is 0. The van der Waals surface area contributed by atoms with E-state index in [1.807, 2.05) is 36.4 Å². The third-order valence-electron chi connectivity index (χ3n) is 3.28. The molecule has 0 spiro atoms. The highest BCUT2D eigenvalue weighted by Crippen LogP contribution is 2.33. The molecule has 0 aliphatic rings. The molecule has 0 bridgehead atoms. The largest absolute Gasteiger partial charge is 0.413 e. The molecular formula is C14H12N6O. The van der Waals surface area contributed by atoms with E-state index < -0.39 is 0 Å². The number of aromatic nitrogens is 4. The Morgan fingerprint density at radius 2 is 1.24 bits per heavy atom. The maximum atomic E-state index is 6.05. The Kier molecular flexibility index (Phi) is 2.28. The van der Waals surface area contributed by atoms with Gasteiger partial charge in [-0.05, 0) is 24.3 Å². The van der Waals surface area contributed by atoms with Crippen molar-refractivity contribution in [3.05, 3.63) is 48.8 Å². The fourth-order valence-electron chi connectivity index (χ4n) is 2.23. The lowest BCUT2D eigenvalue weighted by molar-refractivity contribution is 0.441. The molecule has 0 amide bonds. The number of nitrogen functional groups attached to an aromatic ring is 2. The standard InChI is InChI=1S/C14H12N6O/c15-11-9-5-1-3-7-19(9)17-13(11)21-14-12(16)10-6-2-4-8-20(10)18-14/h1-8H,15-16H2. The minimum absolute atomic E-state index is 0.288. The van der Waals surface area contributed by atoms with Gasteiger partial charge < -0.3 is 16.2 Å². The number of anilines is 2. The summed E-state index contributed by atoms with van der Waals surface area (Å²) in [5.41, 5.74) is 14.5. The van der Waals surface area contributed by atoms with E-state index in [0.29, 0.717) is 11.4 Å². The second kappa shape index (κ2) is 4.14. The molecule has 4 aromatic rings. The molecule has 0 aliphatic heterocycles. The minimum Gasteiger partial charge on any atom is -0.413 e. The molecule has 0 saturated heterocycles. The lowest BCUT2D eigenvalue weighted by atomic mass is 10.3. The number of nitrogens with two attached hydrogens (primary N) is 2. The first-order valence-corrected chi connectivity index (χ1v) is 6.37. The summed E-state index contributed by atoms with van der Waals surface area (Å²) in [6.07, 6.45) is 3.59. The van der Waals surface area contributed by atoms with Gasteiger partial charge in [0, 0.05) is 12.4 Å². The molecule has 4 rings (SSSR count). The molecule has 0 aliphatic carbocycles. The summed E-state index contributed by atoms with van der Waals surface area (Å²) in [6.45, 7) is 0. The van der Waals surface area contributed by atoms with Crippen LogP contribution in [-0.4, -0.2) is 19.2 Å². The molecule has 7 heteroatoms. The van der Waals surface area contributed by atoms with Crippen LogP contribution in [0.15, 0.2) is 48.8 Å². The number of pyridine rings is 2. The number of hydrogen-bond acceptors (Lipinski definition) is 5. The minimum atomic E-state index is 0.288. The van der Waals surface area contributed by atoms with E-state index in [1.165, 1.54) is 0 Å². The van der Waals surface area contributed by atoms with E-state index in [2.05, 4.69) is 10.2 Å². The van der Waals surface area contributed by atoms with Crippen LogP contribution >= 0.6 is 0 Å². The molecule has 4 N–H and O–H groups in total. The van der Waals surface area contributed by atoms with Gasteiger partial charge in [0.2, 0.25) is 0 Å². The van der Waals surface area contributed by atoms with E-state index in [0.717, 1.165) is 11.0 Å². The summed E-state index contributed by atoms with van der Waals surface area (Å²) in [4.78, 5) is 0. The highest BCUT2D eigenvalue weighted by Gasteiger charge is 2.16. The van der Waals surface area contributed by atoms with E-state index >= 15 is 0 Å². The maximum absolute atomic E-state index is 6.05. The van der Waals surface area contributed by atoms with Crippen molar-refractivity contribution in [3.63, 3.8) is 0 Å². The maximum Gasteiger partial charge on any atom is 0.264 e. The van der Waals surface area contributed by atoms with Gasteiger partial charge in [0.05, 0.1) is 11.0 Å². The first-order chi connectivity index (χ1) is 10.2. The van der Waals surface area contributed by atoms with Gasteiger partial charge in [-0.1, -0.05) is 12.1 Å². The molecule has 21 heavy (non-hydrogen) atoms. The van der Waals surface area contributed by atoms with Gasteiger partial charge in [0.15, 0.2) is 0 Å². The molecule has 7 nitrogen and oxygen atoms in total. The van der Waals surface area contributed by atoms with Crippen LogP contribution in [0, 0.1) is 0 Å². The highest BCUT2D eigenvalue weighted by molar-refractivity contribution is 5.77. The van der Waals surface area contributed by atoms with Crippen molar-refractivity contribution in [2.24, 2.45) is 0 Å². The Bertz CT molecular complexity index is 877. The summed E-state index contributed by atoms with van der Waals surface area (Å²) in [5.74, 6) is 0.576. The normalized spacial score (nSPS) is 11.2. The first-order valence-electron chi connectivity index (χ1n) is 6.37. The van der Waals surface area contributed by atoms with E-state index in [4.69, 9.17) is 16.2 Å². The summed E-state index contributed by atoms with van der Waals surface area (Å²) >= 11 is 0. The van der Waals surface area contributed by atoms with Crippen molar-refractivity contribution in [1.29, 1.82) is 0 Å². The van der Waals surface area contributed by atoms with Crippen molar-refractivity contribution in [1.82, 2.24) is 19.2 Å². The van der Waals surface area contributed by atoms with Crippen molar-refractivity contribution in [3.8, 4) is 11.8 Å². The van der Waals surface area contributed by atoms with E-state index in [9.17, 15) is 0 Å².